The molecule has 0 radical (unpaired) electrons. The van der Waals surface area contributed by atoms with E-state index < -0.39 is 24.0 Å². The predicted molar refractivity (Wildman–Crippen MR) is 104 cm³/mol. The summed E-state index contributed by atoms with van der Waals surface area (Å²) in [6, 6.07) is 16.4. The Morgan fingerprint density at radius 1 is 0.926 bits per heavy atom. The van der Waals surface area contributed by atoms with E-state index in [0.717, 1.165) is 5.56 Å². The van der Waals surface area contributed by atoms with Gasteiger partial charge in [-0.2, -0.15) is 0 Å². The highest BCUT2D eigenvalue weighted by Crippen LogP contribution is 2.31. The van der Waals surface area contributed by atoms with Crippen molar-refractivity contribution in [3.8, 4) is 5.75 Å². The van der Waals surface area contributed by atoms with E-state index in [2.05, 4.69) is 0 Å². The van der Waals surface area contributed by atoms with E-state index in [-0.39, 0.29) is 5.57 Å². The largest absolute Gasteiger partial charge is 0.497 e. The number of aliphatic carboxylic acids is 1. The summed E-state index contributed by atoms with van der Waals surface area (Å²) in [4.78, 5) is 24.3. The topological polar surface area (TPSA) is 72.8 Å². The lowest BCUT2D eigenvalue weighted by molar-refractivity contribution is -0.151. The molecule has 0 amide bonds. The van der Waals surface area contributed by atoms with Crippen molar-refractivity contribution in [1.82, 2.24) is 0 Å². The van der Waals surface area contributed by atoms with Crippen LogP contribution in [0.1, 0.15) is 38.3 Å². The first kappa shape index (κ1) is 20.2. The zero-order chi connectivity index (χ0) is 20.0. The third kappa shape index (κ3) is 5.71. The van der Waals surface area contributed by atoms with Crippen LogP contribution in [0.25, 0.3) is 5.57 Å². The lowest BCUT2D eigenvalue weighted by atomic mass is 9.91. The monoisotopic (exact) mass is 368 g/mol. The number of carboxylic acids is 1. The molecule has 0 heterocycles. The highest BCUT2D eigenvalue weighted by atomic mass is 16.6. The van der Waals surface area contributed by atoms with Crippen molar-refractivity contribution >= 4 is 17.5 Å². The highest BCUT2D eigenvalue weighted by molar-refractivity contribution is 6.05. The van der Waals surface area contributed by atoms with Gasteiger partial charge in [-0.15, -0.1) is 0 Å². The molecule has 0 spiro atoms. The van der Waals surface area contributed by atoms with Crippen molar-refractivity contribution in [3.63, 3.8) is 0 Å². The molecular formula is C22H24O5. The van der Waals surface area contributed by atoms with Gasteiger partial charge in [0, 0.05) is 0 Å². The first-order valence-corrected chi connectivity index (χ1v) is 8.59. The molecule has 0 bridgehead atoms. The van der Waals surface area contributed by atoms with Gasteiger partial charge in [0.05, 0.1) is 19.1 Å². The Morgan fingerprint density at radius 3 is 1.96 bits per heavy atom. The van der Waals surface area contributed by atoms with E-state index in [9.17, 15) is 14.7 Å². The average Bonchev–Trinajstić information content (AvgIpc) is 2.61. The van der Waals surface area contributed by atoms with Gasteiger partial charge in [0.25, 0.3) is 0 Å². The minimum absolute atomic E-state index is 0.105. The molecule has 0 aromatic heterocycles. The fourth-order valence-electron chi connectivity index (χ4n) is 2.63. The van der Waals surface area contributed by atoms with Crippen LogP contribution in [0.5, 0.6) is 5.75 Å². The molecule has 5 nitrogen and oxygen atoms in total. The van der Waals surface area contributed by atoms with Crippen LogP contribution in [-0.4, -0.2) is 29.8 Å². The molecule has 2 aromatic carbocycles. The Balaban J connectivity index is 2.69. The van der Waals surface area contributed by atoms with Gasteiger partial charge in [-0.05, 0) is 49.6 Å². The number of ether oxygens (including phenoxy) is 2. The average molecular weight is 368 g/mol. The van der Waals surface area contributed by atoms with Crippen LogP contribution in [0.2, 0.25) is 0 Å². The summed E-state index contributed by atoms with van der Waals surface area (Å²) in [5.74, 6) is -1.07. The number of esters is 1. The number of carbonyl (C=O) groups is 2. The number of methoxy groups -OCH3 is 1. The smallest absolute Gasteiger partial charge is 0.335 e. The van der Waals surface area contributed by atoms with E-state index in [1.165, 1.54) is 0 Å². The maximum absolute atomic E-state index is 12.8. The number of carboxylic acid groups (broad SMARTS) is 1. The molecule has 0 unspecified atom stereocenters. The van der Waals surface area contributed by atoms with Crippen molar-refractivity contribution in [2.75, 3.05) is 7.11 Å². The summed E-state index contributed by atoms with van der Waals surface area (Å²) in [6.45, 7) is 5.25. The van der Waals surface area contributed by atoms with Crippen LogP contribution in [-0.2, 0) is 14.3 Å². The van der Waals surface area contributed by atoms with Gasteiger partial charge >= 0.3 is 11.9 Å². The Bertz CT molecular complexity index is 827. The molecule has 2 rings (SSSR count). The Hall–Kier alpha value is -3.08. The second-order valence-corrected chi connectivity index (χ2v) is 7.02. The van der Waals surface area contributed by atoms with Crippen LogP contribution in [0, 0.1) is 0 Å². The zero-order valence-electron chi connectivity index (χ0n) is 16.0. The molecule has 1 N–H and O–H groups in total. The second-order valence-electron chi connectivity index (χ2n) is 7.02. The van der Waals surface area contributed by atoms with Gasteiger partial charge in [0.15, 0.2) is 0 Å². The fraction of sp³-hybridized carbons (Fsp3) is 0.273. The third-order valence-electron chi connectivity index (χ3n) is 3.72. The van der Waals surface area contributed by atoms with E-state index in [1.54, 1.807) is 52.1 Å². The van der Waals surface area contributed by atoms with Crippen molar-refractivity contribution in [3.05, 3.63) is 71.3 Å². The van der Waals surface area contributed by atoms with E-state index >= 15 is 0 Å². The summed E-state index contributed by atoms with van der Waals surface area (Å²) in [6.07, 6.45) is -0.439. The summed E-state index contributed by atoms with van der Waals surface area (Å²) >= 11 is 0. The summed E-state index contributed by atoms with van der Waals surface area (Å²) < 4.78 is 10.7. The number of hydrogen-bond acceptors (Lipinski definition) is 4. The Kier molecular flexibility index (Phi) is 6.40. The minimum atomic E-state index is -1.10. The molecule has 0 aliphatic carbocycles. The lowest BCUT2D eigenvalue weighted by Gasteiger charge is -2.22. The molecule has 0 aliphatic rings. The van der Waals surface area contributed by atoms with Gasteiger partial charge in [0.2, 0.25) is 0 Å². The van der Waals surface area contributed by atoms with E-state index in [1.807, 2.05) is 30.3 Å². The van der Waals surface area contributed by atoms with E-state index in [0.29, 0.717) is 16.9 Å². The van der Waals surface area contributed by atoms with Crippen molar-refractivity contribution in [2.24, 2.45) is 0 Å². The van der Waals surface area contributed by atoms with Gasteiger partial charge < -0.3 is 14.6 Å². The SMILES string of the molecule is COc1ccc(/C(=C(/CC(=O)O)C(=O)OC(C)(C)C)c2ccccc2)cc1. The first-order chi connectivity index (χ1) is 12.7. The second kappa shape index (κ2) is 8.54. The predicted octanol–water partition coefficient (Wildman–Crippen LogP) is 4.31. The van der Waals surface area contributed by atoms with Crippen LogP contribution in [0.15, 0.2) is 60.2 Å². The maximum Gasteiger partial charge on any atom is 0.335 e. The number of carbonyl (C=O) groups excluding carboxylic acids is 1. The van der Waals surface area contributed by atoms with Crippen LogP contribution in [0.4, 0.5) is 0 Å². The van der Waals surface area contributed by atoms with Crippen LogP contribution in [0.3, 0.4) is 0 Å². The molecular weight excluding hydrogens is 344 g/mol. The molecule has 0 saturated carbocycles. The summed E-state index contributed by atoms with van der Waals surface area (Å²) in [7, 11) is 1.57. The normalized spacial score (nSPS) is 12.1. The summed E-state index contributed by atoms with van der Waals surface area (Å²) in [5, 5.41) is 9.39. The zero-order valence-corrected chi connectivity index (χ0v) is 16.0. The number of rotatable bonds is 6. The Morgan fingerprint density at radius 2 is 1.48 bits per heavy atom. The van der Waals surface area contributed by atoms with Crippen molar-refractivity contribution < 1.29 is 24.2 Å². The fourth-order valence-corrected chi connectivity index (χ4v) is 2.63. The molecule has 27 heavy (non-hydrogen) atoms. The number of benzene rings is 2. The molecule has 142 valence electrons. The molecule has 2 aromatic rings. The van der Waals surface area contributed by atoms with Gasteiger partial charge in [-0.1, -0.05) is 42.5 Å². The maximum atomic E-state index is 12.8. The third-order valence-corrected chi connectivity index (χ3v) is 3.72. The quantitative estimate of drug-likeness (QED) is 0.607. The van der Waals surface area contributed by atoms with Gasteiger partial charge in [0.1, 0.15) is 11.4 Å². The Labute approximate surface area is 159 Å². The van der Waals surface area contributed by atoms with Gasteiger partial charge in [-0.25, -0.2) is 4.79 Å². The van der Waals surface area contributed by atoms with Crippen LogP contribution < -0.4 is 4.74 Å². The van der Waals surface area contributed by atoms with Crippen molar-refractivity contribution in [1.29, 1.82) is 0 Å². The molecule has 5 heteroatoms. The first-order valence-electron chi connectivity index (χ1n) is 8.59. The standard InChI is InChI=1S/C22H24O5/c1-22(2,3)27-21(25)18(14-19(23)24)20(15-8-6-5-7-9-15)16-10-12-17(26-4)13-11-16/h5-13H,14H2,1-4H3,(H,23,24)/b20-18-. The van der Waals surface area contributed by atoms with Crippen molar-refractivity contribution in [2.45, 2.75) is 32.8 Å². The molecule has 0 fully saturated rings. The lowest BCUT2D eigenvalue weighted by Crippen LogP contribution is -2.26. The van der Waals surface area contributed by atoms with Crippen LogP contribution >= 0.6 is 0 Å². The molecule has 0 atom stereocenters. The highest BCUT2D eigenvalue weighted by Gasteiger charge is 2.26. The molecule has 0 aliphatic heterocycles. The minimum Gasteiger partial charge on any atom is -0.497 e. The number of hydrogen-bond donors (Lipinski definition) is 1. The summed E-state index contributed by atoms with van der Waals surface area (Å²) in [5.41, 5.74) is 1.36. The van der Waals surface area contributed by atoms with E-state index in [4.69, 9.17) is 9.47 Å². The molecule has 0 saturated heterocycles. The van der Waals surface area contributed by atoms with Gasteiger partial charge in [-0.3, -0.25) is 4.79 Å².